The van der Waals surface area contributed by atoms with Gasteiger partial charge < -0.3 is 5.11 Å². The van der Waals surface area contributed by atoms with E-state index in [4.69, 9.17) is 0 Å². The Kier molecular flexibility index (Phi) is 4.72. The highest BCUT2D eigenvalue weighted by Crippen LogP contribution is 2.36. The van der Waals surface area contributed by atoms with Crippen LogP contribution in [0.3, 0.4) is 0 Å². The molecule has 1 aliphatic heterocycles. The third kappa shape index (κ3) is 3.20. The van der Waals surface area contributed by atoms with Gasteiger partial charge in [0.2, 0.25) is 0 Å². The summed E-state index contributed by atoms with van der Waals surface area (Å²) in [5.74, 6) is 2.90. The predicted octanol–water partition coefficient (Wildman–Crippen LogP) is 5.13. The molecule has 0 fully saturated rings. The van der Waals surface area contributed by atoms with Crippen LogP contribution in [0.1, 0.15) is 58.7 Å². The fourth-order valence-electron chi connectivity index (χ4n) is 2.71. The minimum atomic E-state index is -0.475. The molecular formula is C18H22OS2. The number of hydrogen-bond donors (Lipinski definition) is 1. The maximum absolute atomic E-state index is 10.6. The van der Waals surface area contributed by atoms with Crippen LogP contribution in [0.15, 0.2) is 30.3 Å². The molecule has 0 radical (unpaired) electrons. The third-order valence-electron chi connectivity index (χ3n) is 4.35. The summed E-state index contributed by atoms with van der Waals surface area (Å²) >= 11 is 3.78. The lowest BCUT2D eigenvalue weighted by Gasteiger charge is -2.12. The van der Waals surface area contributed by atoms with Crippen LogP contribution in [0.25, 0.3) is 0 Å². The normalized spacial score (nSPS) is 17.3. The summed E-state index contributed by atoms with van der Waals surface area (Å²) in [5.41, 5.74) is 3.80. The molecule has 0 saturated carbocycles. The molecule has 0 aliphatic carbocycles. The Morgan fingerprint density at radius 1 is 1.19 bits per heavy atom. The fourth-order valence-corrected chi connectivity index (χ4v) is 5.10. The molecular weight excluding hydrogens is 296 g/mol. The van der Waals surface area contributed by atoms with Gasteiger partial charge >= 0.3 is 0 Å². The Morgan fingerprint density at radius 2 is 1.90 bits per heavy atom. The smallest absolute Gasteiger partial charge is 0.113 e. The van der Waals surface area contributed by atoms with Gasteiger partial charge in [-0.25, -0.2) is 0 Å². The van der Waals surface area contributed by atoms with E-state index in [2.05, 4.69) is 44.2 Å². The van der Waals surface area contributed by atoms with Gasteiger partial charge in [0.1, 0.15) is 6.10 Å². The highest BCUT2D eigenvalue weighted by molar-refractivity contribution is 7.98. The largest absolute Gasteiger partial charge is 0.383 e. The minimum absolute atomic E-state index is 0.475. The van der Waals surface area contributed by atoms with Gasteiger partial charge in [-0.1, -0.05) is 38.1 Å². The van der Waals surface area contributed by atoms with Gasteiger partial charge in [0.25, 0.3) is 0 Å². The zero-order chi connectivity index (χ0) is 14.8. The molecule has 1 aromatic carbocycles. The summed E-state index contributed by atoms with van der Waals surface area (Å²) in [6, 6.07) is 10.7. The molecule has 2 heterocycles. The number of hydrogen-bond acceptors (Lipinski definition) is 3. The standard InChI is InChI=1S/C18H22OS2/c1-3-12(2)13-4-6-14(7-5-13)18(19)17-10-15-11-20-9-8-16(15)21-17/h4-7,10,12,18-19H,3,8-9,11H2,1-2H3. The van der Waals surface area contributed by atoms with Crippen molar-refractivity contribution >= 4 is 23.1 Å². The van der Waals surface area contributed by atoms with Crippen LogP contribution in [0.2, 0.25) is 0 Å². The van der Waals surface area contributed by atoms with Crippen molar-refractivity contribution in [3.63, 3.8) is 0 Å². The summed E-state index contributed by atoms with van der Waals surface area (Å²) < 4.78 is 0. The van der Waals surface area contributed by atoms with E-state index in [1.807, 2.05) is 11.8 Å². The van der Waals surface area contributed by atoms with Crippen LogP contribution in [-0.2, 0) is 12.2 Å². The molecule has 3 heteroatoms. The number of fused-ring (bicyclic) bond motifs is 1. The van der Waals surface area contributed by atoms with Crippen LogP contribution in [0, 0.1) is 0 Å². The molecule has 2 unspecified atom stereocenters. The Morgan fingerprint density at radius 3 is 2.57 bits per heavy atom. The molecule has 21 heavy (non-hydrogen) atoms. The Balaban J connectivity index is 1.81. The quantitative estimate of drug-likeness (QED) is 0.843. The molecule has 3 rings (SSSR count). The van der Waals surface area contributed by atoms with E-state index in [9.17, 15) is 5.11 Å². The number of thioether (sulfide) groups is 1. The van der Waals surface area contributed by atoms with Crippen molar-refractivity contribution in [3.8, 4) is 0 Å². The zero-order valence-corrected chi connectivity index (χ0v) is 14.3. The molecule has 2 aromatic rings. The number of rotatable bonds is 4. The Labute approximate surface area is 135 Å². The summed E-state index contributed by atoms with van der Waals surface area (Å²) in [6.07, 6.45) is 1.83. The first-order valence-corrected chi connectivity index (χ1v) is 9.63. The van der Waals surface area contributed by atoms with Gasteiger partial charge in [-0.2, -0.15) is 11.8 Å². The zero-order valence-electron chi connectivity index (χ0n) is 12.6. The number of aryl methyl sites for hydroxylation is 1. The average molecular weight is 319 g/mol. The van der Waals surface area contributed by atoms with Crippen molar-refractivity contribution in [1.29, 1.82) is 0 Å². The molecule has 1 N–H and O–H groups in total. The van der Waals surface area contributed by atoms with Crippen molar-refractivity contribution in [2.24, 2.45) is 0 Å². The van der Waals surface area contributed by atoms with E-state index in [0.717, 1.165) is 29.0 Å². The van der Waals surface area contributed by atoms with Gasteiger partial charge in [0, 0.05) is 15.5 Å². The Bertz CT molecular complexity index is 577. The van der Waals surface area contributed by atoms with E-state index in [0.29, 0.717) is 5.92 Å². The SMILES string of the molecule is CCC(C)c1ccc(C(O)c2cc3c(s2)CCSC3)cc1. The second-order valence-corrected chi connectivity index (χ2v) is 8.05. The van der Waals surface area contributed by atoms with E-state index in [-0.39, 0.29) is 0 Å². The topological polar surface area (TPSA) is 20.2 Å². The molecule has 0 saturated heterocycles. The molecule has 0 amide bonds. The van der Waals surface area contributed by atoms with Gasteiger partial charge in [0.15, 0.2) is 0 Å². The number of benzene rings is 1. The van der Waals surface area contributed by atoms with Crippen molar-refractivity contribution in [1.82, 2.24) is 0 Å². The second kappa shape index (κ2) is 6.55. The molecule has 112 valence electrons. The molecule has 1 nitrogen and oxygen atoms in total. The molecule has 0 spiro atoms. The van der Waals surface area contributed by atoms with Gasteiger partial charge in [-0.15, -0.1) is 11.3 Å². The number of thiophene rings is 1. The number of aliphatic hydroxyl groups is 1. The van der Waals surface area contributed by atoms with E-state index >= 15 is 0 Å². The van der Waals surface area contributed by atoms with Crippen LogP contribution in [0.4, 0.5) is 0 Å². The van der Waals surface area contributed by atoms with Crippen LogP contribution < -0.4 is 0 Å². The molecule has 1 aliphatic rings. The van der Waals surface area contributed by atoms with Crippen molar-refractivity contribution in [2.45, 2.75) is 44.5 Å². The van der Waals surface area contributed by atoms with Crippen LogP contribution >= 0.6 is 23.1 Å². The number of aliphatic hydroxyl groups excluding tert-OH is 1. The summed E-state index contributed by atoms with van der Waals surface area (Å²) in [6.45, 7) is 4.46. The lowest BCUT2D eigenvalue weighted by molar-refractivity contribution is 0.224. The van der Waals surface area contributed by atoms with E-state index in [1.54, 1.807) is 11.3 Å². The summed E-state index contributed by atoms with van der Waals surface area (Å²) in [4.78, 5) is 2.57. The van der Waals surface area contributed by atoms with Crippen molar-refractivity contribution in [3.05, 3.63) is 56.8 Å². The van der Waals surface area contributed by atoms with Crippen molar-refractivity contribution in [2.75, 3.05) is 5.75 Å². The Hall–Kier alpha value is -0.770. The van der Waals surface area contributed by atoms with Gasteiger partial charge in [0.05, 0.1) is 0 Å². The first-order chi connectivity index (χ1) is 10.2. The molecule has 0 bridgehead atoms. The summed E-state index contributed by atoms with van der Waals surface area (Å²) in [7, 11) is 0. The van der Waals surface area contributed by atoms with Crippen molar-refractivity contribution < 1.29 is 5.11 Å². The van der Waals surface area contributed by atoms with E-state index in [1.165, 1.54) is 21.8 Å². The lowest BCUT2D eigenvalue weighted by atomic mass is 9.96. The highest BCUT2D eigenvalue weighted by atomic mass is 32.2. The van der Waals surface area contributed by atoms with Gasteiger partial charge in [-0.3, -0.25) is 0 Å². The average Bonchev–Trinajstić information content (AvgIpc) is 2.97. The van der Waals surface area contributed by atoms with Gasteiger partial charge in [-0.05, 0) is 47.3 Å². The summed E-state index contributed by atoms with van der Waals surface area (Å²) in [5, 5.41) is 10.6. The third-order valence-corrected chi connectivity index (χ3v) is 6.65. The monoisotopic (exact) mass is 318 g/mol. The first-order valence-electron chi connectivity index (χ1n) is 7.66. The minimum Gasteiger partial charge on any atom is -0.383 e. The van der Waals surface area contributed by atoms with Crippen LogP contribution in [-0.4, -0.2) is 10.9 Å². The highest BCUT2D eigenvalue weighted by Gasteiger charge is 2.19. The lowest BCUT2D eigenvalue weighted by Crippen LogP contribution is -1.98. The second-order valence-electron chi connectivity index (χ2n) is 5.78. The van der Waals surface area contributed by atoms with Crippen LogP contribution in [0.5, 0.6) is 0 Å². The maximum atomic E-state index is 10.6. The maximum Gasteiger partial charge on any atom is 0.113 e. The molecule has 1 aromatic heterocycles. The fraction of sp³-hybridized carbons (Fsp3) is 0.444. The predicted molar refractivity (Wildman–Crippen MR) is 93.4 cm³/mol. The first kappa shape index (κ1) is 15.1. The van der Waals surface area contributed by atoms with E-state index < -0.39 is 6.10 Å². The molecule has 2 atom stereocenters.